The van der Waals surface area contributed by atoms with Crippen molar-refractivity contribution in [3.8, 4) is 5.75 Å². The molecular formula is C16H19ClN2O. The lowest BCUT2D eigenvalue weighted by atomic mass is 10.2. The minimum atomic E-state index is 0.255. The van der Waals surface area contributed by atoms with E-state index >= 15 is 0 Å². The van der Waals surface area contributed by atoms with Crippen LogP contribution in [0, 0.1) is 0 Å². The summed E-state index contributed by atoms with van der Waals surface area (Å²) in [5, 5.41) is 4.06. The molecule has 0 aliphatic heterocycles. The van der Waals surface area contributed by atoms with E-state index in [1.807, 2.05) is 36.4 Å². The number of nitrogens with zero attached hydrogens (tertiary/aromatic N) is 1. The van der Waals surface area contributed by atoms with E-state index in [0.717, 1.165) is 28.6 Å². The van der Waals surface area contributed by atoms with E-state index in [1.54, 1.807) is 6.20 Å². The number of benzene rings is 1. The van der Waals surface area contributed by atoms with Crippen LogP contribution in [-0.4, -0.2) is 11.5 Å². The zero-order chi connectivity index (χ0) is 14.4. The summed E-state index contributed by atoms with van der Waals surface area (Å²) in [7, 11) is 0. The maximum Gasteiger partial charge on any atom is 0.138 e. The van der Waals surface area contributed by atoms with Gasteiger partial charge in [-0.25, -0.2) is 0 Å². The number of halogens is 1. The van der Waals surface area contributed by atoms with Gasteiger partial charge in [-0.1, -0.05) is 30.7 Å². The van der Waals surface area contributed by atoms with Gasteiger partial charge in [-0.15, -0.1) is 0 Å². The average Bonchev–Trinajstić information content (AvgIpc) is 2.47. The van der Waals surface area contributed by atoms with Crippen LogP contribution in [-0.2, 0) is 6.61 Å². The molecule has 1 unspecified atom stereocenters. The molecule has 3 nitrogen and oxygen atoms in total. The summed E-state index contributed by atoms with van der Waals surface area (Å²) in [6.07, 6.45) is 1.76. The lowest BCUT2D eigenvalue weighted by molar-refractivity contribution is 0.304. The van der Waals surface area contributed by atoms with Gasteiger partial charge in [0.1, 0.15) is 12.4 Å². The Balaban J connectivity index is 1.92. The molecule has 2 aromatic rings. The van der Waals surface area contributed by atoms with Crippen LogP contribution in [0.4, 0.5) is 0 Å². The van der Waals surface area contributed by atoms with Gasteiger partial charge in [-0.3, -0.25) is 4.98 Å². The summed E-state index contributed by atoms with van der Waals surface area (Å²) in [5.74, 6) is 0.771. The van der Waals surface area contributed by atoms with Crippen LogP contribution in [0.5, 0.6) is 5.75 Å². The third kappa shape index (κ3) is 4.22. The highest BCUT2D eigenvalue weighted by atomic mass is 35.5. The van der Waals surface area contributed by atoms with Gasteiger partial charge in [-0.05, 0) is 43.3 Å². The molecule has 4 heteroatoms. The Morgan fingerprint density at radius 1 is 1.20 bits per heavy atom. The van der Waals surface area contributed by atoms with E-state index in [1.165, 1.54) is 0 Å². The normalized spacial score (nSPS) is 12.2. The first-order valence-corrected chi connectivity index (χ1v) is 7.13. The number of nitrogens with one attached hydrogen (secondary N) is 1. The van der Waals surface area contributed by atoms with Crippen molar-refractivity contribution in [2.24, 2.45) is 0 Å². The van der Waals surface area contributed by atoms with E-state index in [9.17, 15) is 0 Å². The third-order valence-electron chi connectivity index (χ3n) is 3.03. The molecule has 0 saturated heterocycles. The molecule has 0 saturated carbocycles. The lowest BCUT2D eigenvalue weighted by Crippen LogP contribution is -2.18. The molecule has 0 amide bonds. The van der Waals surface area contributed by atoms with Crippen LogP contribution < -0.4 is 10.1 Å². The van der Waals surface area contributed by atoms with Crippen molar-refractivity contribution in [3.63, 3.8) is 0 Å². The number of hydrogen-bond donors (Lipinski definition) is 1. The molecule has 2 rings (SSSR count). The highest BCUT2D eigenvalue weighted by Gasteiger charge is 2.05. The van der Waals surface area contributed by atoms with Crippen molar-refractivity contribution in [1.29, 1.82) is 0 Å². The number of aromatic nitrogens is 1. The first kappa shape index (κ1) is 14.8. The van der Waals surface area contributed by atoms with Crippen molar-refractivity contribution in [1.82, 2.24) is 10.3 Å². The smallest absolute Gasteiger partial charge is 0.138 e. The quantitative estimate of drug-likeness (QED) is 0.873. The number of pyridine rings is 1. The van der Waals surface area contributed by atoms with Crippen LogP contribution in [0.1, 0.15) is 31.1 Å². The summed E-state index contributed by atoms with van der Waals surface area (Å²) in [5.41, 5.74) is 2.10. The minimum Gasteiger partial charge on any atom is -0.487 e. The van der Waals surface area contributed by atoms with Gasteiger partial charge in [-0.2, -0.15) is 0 Å². The van der Waals surface area contributed by atoms with Crippen molar-refractivity contribution >= 4 is 11.6 Å². The molecule has 20 heavy (non-hydrogen) atoms. The second-order valence-corrected chi connectivity index (χ2v) is 5.05. The fourth-order valence-corrected chi connectivity index (χ4v) is 2.02. The zero-order valence-corrected chi connectivity index (χ0v) is 12.5. The zero-order valence-electron chi connectivity index (χ0n) is 11.8. The van der Waals surface area contributed by atoms with E-state index in [0.29, 0.717) is 6.61 Å². The highest BCUT2D eigenvalue weighted by Crippen LogP contribution is 2.16. The molecular weight excluding hydrogens is 272 g/mol. The second kappa shape index (κ2) is 7.27. The first-order chi connectivity index (χ1) is 9.69. The van der Waals surface area contributed by atoms with Crippen LogP contribution in [0.15, 0.2) is 42.6 Å². The Bertz CT molecular complexity index is 525. The molecule has 1 heterocycles. The molecule has 0 radical (unpaired) electrons. The predicted octanol–water partition coefficient (Wildman–Crippen LogP) is 3.98. The van der Waals surface area contributed by atoms with Gasteiger partial charge in [0.2, 0.25) is 0 Å². The van der Waals surface area contributed by atoms with Crippen LogP contribution >= 0.6 is 11.6 Å². The number of ether oxygens (including phenoxy) is 1. The molecule has 1 aromatic carbocycles. The van der Waals surface area contributed by atoms with Crippen LogP contribution in [0.2, 0.25) is 5.02 Å². The Morgan fingerprint density at radius 3 is 2.55 bits per heavy atom. The summed E-state index contributed by atoms with van der Waals surface area (Å²) >= 11 is 5.84. The molecule has 1 aromatic heterocycles. The van der Waals surface area contributed by atoms with Gasteiger partial charge in [0, 0.05) is 11.1 Å². The van der Waals surface area contributed by atoms with Crippen molar-refractivity contribution in [2.75, 3.05) is 6.54 Å². The molecule has 0 aliphatic rings. The topological polar surface area (TPSA) is 34.1 Å². The second-order valence-electron chi connectivity index (χ2n) is 4.61. The first-order valence-electron chi connectivity index (χ1n) is 6.75. The molecule has 106 valence electrons. The fraction of sp³-hybridized carbons (Fsp3) is 0.312. The minimum absolute atomic E-state index is 0.255. The number of hydrogen-bond acceptors (Lipinski definition) is 3. The summed E-state index contributed by atoms with van der Waals surface area (Å²) in [4.78, 5) is 4.42. The monoisotopic (exact) mass is 290 g/mol. The SMILES string of the molecule is CCNC(C)c1ccc(OCc2ccc(Cl)cc2)cn1. The van der Waals surface area contributed by atoms with Crippen LogP contribution in [0.3, 0.4) is 0 Å². The van der Waals surface area contributed by atoms with E-state index < -0.39 is 0 Å². The van der Waals surface area contributed by atoms with E-state index in [4.69, 9.17) is 16.3 Å². The largest absolute Gasteiger partial charge is 0.487 e. The highest BCUT2D eigenvalue weighted by molar-refractivity contribution is 6.30. The third-order valence-corrected chi connectivity index (χ3v) is 3.28. The fourth-order valence-electron chi connectivity index (χ4n) is 1.89. The van der Waals surface area contributed by atoms with Gasteiger partial charge < -0.3 is 10.1 Å². The maximum absolute atomic E-state index is 5.84. The molecule has 0 bridgehead atoms. The molecule has 1 N–H and O–H groups in total. The van der Waals surface area contributed by atoms with E-state index in [2.05, 4.69) is 24.1 Å². The summed E-state index contributed by atoms with van der Waals surface area (Å²) < 4.78 is 5.70. The van der Waals surface area contributed by atoms with Crippen molar-refractivity contribution in [3.05, 3.63) is 58.9 Å². The molecule has 1 atom stereocenters. The average molecular weight is 291 g/mol. The molecule has 0 aliphatic carbocycles. The van der Waals surface area contributed by atoms with Crippen LogP contribution in [0.25, 0.3) is 0 Å². The molecule has 0 fully saturated rings. The van der Waals surface area contributed by atoms with Crippen molar-refractivity contribution < 1.29 is 4.74 Å². The number of rotatable bonds is 6. The van der Waals surface area contributed by atoms with Crippen molar-refractivity contribution in [2.45, 2.75) is 26.5 Å². The van der Waals surface area contributed by atoms with Gasteiger partial charge >= 0.3 is 0 Å². The van der Waals surface area contributed by atoms with Gasteiger partial charge in [0.05, 0.1) is 11.9 Å². The maximum atomic E-state index is 5.84. The Morgan fingerprint density at radius 2 is 1.95 bits per heavy atom. The lowest BCUT2D eigenvalue weighted by Gasteiger charge is -2.12. The molecule has 0 spiro atoms. The van der Waals surface area contributed by atoms with Gasteiger partial charge in [0.25, 0.3) is 0 Å². The summed E-state index contributed by atoms with van der Waals surface area (Å²) in [6, 6.07) is 11.8. The Kier molecular flexibility index (Phi) is 5.39. The Labute approximate surface area is 124 Å². The standard InChI is InChI=1S/C16H19ClN2O/c1-3-18-12(2)16-9-8-15(10-19-16)20-11-13-4-6-14(17)7-5-13/h4-10,12,18H,3,11H2,1-2H3. The van der Waals surface area contributed by atoms with Gasteiger partial charge in [0.15, 0.2) is 0 Å². The predicted molar refractivity (Wildman–Crippen MR) is 82.1 cm³/mol. The van der Waals surface area contributed by atoms with E-state index in [-0.39, 0.29) is 6.04 Å². The Hall–Kier alpha value is -1.58. The summed E-state index contributed by atoms with van der Waals surface area (Å²) in [6.45, 7) is 5.62.